The molecule has 0 spiro atoms. The van der Waals surface area contributed by atoms with E-state index in [4.69, 9.17) is 9.72 Å². The maximum Gasteiger partial charge on any atom is 0.137 e. The molecule has 0 saturated carbocycles. The largest absolute Gasteiger partial charge is 0.457 e. The van der Waals surface area contributed by atoms with Gasteiger partial charge in [-0.15, -0.1) is 0 Å². The number of rotatable bonds is 5. The van der Waals surface area contributed by atoms with Crippen LogP contribution in [0.5, 0.6) is 11.5 Å². The normalized spacial score (nSPS) is 13.9. The van der Waals surface area contributed by atoms with Gasteiger partial charge in [0, 0.05) is 35.1 Å². The number of pyridine rings is 1. The average molecular weight is 831 g/mol. The fourth-order valence-corrected chi connectivity index (χ4v) is 9.20. The van der Waals surface area contributed by atoms with Gasteiger partial charge in [0.25, 0.3) is 0 Å². The van der Waals surface area contributed by atoms with Crippen LogP contribution in [0.15, 0.2) is 146 Å². The molecule has 0 atom stereocenters. The number of hydrogen-bond acceptors (Lipinski definition) is 5. The highest BCUT2D eigenvalue weighted by Gasteiger charge is 2.37. The first-order valence-electron chi connectivity index (χ1n) is 22.5. The van der Waals surface area contributed by atoms with E-state index in [0.29, 0.717) is 6.67 Å². The number of nitrogens with zero attached hydrogens (tertiary/aromatic N) is 4. The summed E-state index contributed by atoms with van der Waals surface area (Å²) in [6, 6.07) is 50.6. The quantitative estimate of drug-likeness (QED) is 0.172. The Bertz CT molecular complexity index is 2830. The van der Waals surface area contributed by atoms with Gasteiger partial charge in [-0.3, -0.25) is 4.90 Å². The molecule has 2 aliphatic rings. The number of benzene rings is 6. The van der Waals surface area contributed by atoms with Gasteiger partial charge in [-0.2, -0.15) is 0 Å². The second-order valence-electron chi connectivity index (χ2n) is 21.5. The van der Waals surface area contributed by atoms with Crippen molar-refractivity contribution in [3.8, 4) is 33.8 Å². The summed E-state index contributed by atoms with van der Waals surface area (Å²) >= 11 is 0. The van der Waals surface area contributed by atoms with E-state index in [0.717, 1.165) is 45.5 Å². The fraction of sp³-hybridized carbons (Fsp3) is 0.293. The summed E-state index contributed by atoms with van der Waals surface area (Å²) in [5.74, 6) is 2.40. The third kappa shape index (κ3) is 7.77. The van der Waals surface area contributed by atoms with E-state index in [1.54, 1.807) is 0 Å². The summed E-state index contributed by atoms with van der Waals surface area (Å²) in [5.41, 5.74) is 16.7. The molecule has 5 nitrogen and oxygen atoms in total. The van der Waals surface area contributed by atoms with Crippen LogP contribution in [0, 0.1) is 0 Å². The highest BCUT2D eigenvalue weighted by Crippen LogP contribution is 2.53. The predicted octanol–water partition coefficient (Wildman–Crippen LogP) is 16.4. The van der Waals surface area contributed by atoms with Crippen LogP contribution < -0.4 is 19.4 Å². The minimum Gasteiger partial charge on any atom is -0.457 e. The minimum atomic E-state index is -0.0776. The molecular formula is C58H62N4O. The van der Waals surface area contributed by atoms with Crippen molar-refractivity contribution in [1.29, 1.82) is 0 Å². The number of anilines is 7. The average Bonchev–Trinajstić information content (AvgIpc) is 3.57. The molecule has 0 radical (unpaired) electrons. The van der Waals surface area contributed by atoms with Gasteiger partial charge in [-0.25, -0.2) is 4.98 Å². The zero-order valence-electron chi connectivity index (χ0n) is 39.3. The summed E-state index contributed by atoms with van der Waals surface area (Å²) in [5, 5.41) is 0. The molecule has 0 saturated heterocycles. The molecule has 2 aliphatic heterocycles. The Kier molecular flexibility index (Phi) is 10.1. The standard InChI is InChI=1S/C58H62N4O/c1-55(2,3)38-30-31-59-53(34-38)62-49-25-16-15-24-45(49)43-22-13-14-23-44(43)46-29-28-42(36-52(46)62)63-41-21-19-20-40(35-41)60-37-61(51-27-18-17-26-50(51)60)54-47(57(7,8)9)32-39(56(4,5)6)33-48(54)58(10,11)12/h13-36H,37H2,1-12H3. The lowest BCUT2D eigenvalue weighted by Gasteiger charge is -2.37. The lowest BCUT2D eigenvalue weighted by atomic mass is 9.74. The maximum absolute atomic E-state index is 6.91. The molecule has 9 rings (SSSR count). The molecule has 0 fully saturated rings. The van der Waals surface area contributed by atoms with Crippen molar-refractivity contribution in [2.75, 3.05) is 21.4 Å². The van der Waals surface area contributed by atoms with Crippen molar-refractivity contribution in [3.63, 3.8) is 0 Å². The summed E-state index contributed by atoms with van der Waals surface area (Å²) in [7, 11) is 0. The lowest BCUT2D eigenvalue weighted by Crippen LogP contribution is -2.31. The Hall–Kier alpha value is -6.33. The van der Waals surface area contributed by atoms with Gasteiger partial charge in [0.15, 0.2) is 0 Å². The first-order chi connectivity index (χ1) is 29.8. The molecule has 1 aromatic heterocycles. The van der Waals surface area contributed by atoms with Gasteiger partial charge in [0.1, 0.15) is 24.0 Å². The van der Waals surface area contributed by atoms with Crippen LogP contribution >= 0.6 is 0 Å². The second kappa shape index (κ2) is 15.2. The number of fused-ring (bicyclic) bond motifs is 6. The van der Waals surface area contributed by atoms with E-state index < -0.39 is 0 Å². The highest BCUT2D eigenvalue weighted by atomic mass is 16.5. The van der Waals surface area contributed by atoms with Crippen LogP contribution in [-0.2, 0) is 21.7 Å². The summed E-state index contributed by atoms with van der Waals surface area (Å²) in [6.45, 7) is 28.5. The second-order valence-corrected chi connectivity index (χ2v) is 21.5. The van der Waals surface area contributed by atoms with E-state index in [1.807, 2.05) is 6.20 Å². The Balaban J connectivity index is 1.13. The van der Waals surface area contributed by atoms with Crippen molar-refractivity contribution in [2.45, 2.75) is 105 Å². The molecule has 0 bridgehead atoms. The lowest BCUT2D eigenvalue weighted by molar-refractivity contribution is 0.483. The fourth-order valence-electron chi connectivity index (χ4n) is 9.20. The highest BCUT2D eigenvalue weighted by molar-refractivity contribution is 6.02. The van der Waals surface area contributed by atoms with Crippen molar-refractivity contribution >= 4 is 39.9 Å². The van der Waals surface area contributed by atoms with E-state index >= 15 is 0 Å². The van der Waals surface area contributed by atoms with Crippen LogP contribution in [0.25, 0.3) is 22.3 Å². The van der Waals surface area contributed by atoms with Gasteiger partial charge >= 0.3 is 0 Å². The third-order valence-electron chi connectivity index (χ3n) is 12.7. The third-order valence-corrected chi connectivity index (χ3v) is 12.7. The van der Waals surface area contributed by atoms with E-state index in [9.17, 15) is 0 Å². The number of ether oxygens (including phenoxy) is 1. The molecule has 7 aromatic rings. The van der Waals surface area contributed by atoms with Crippen LogP contribution in [0.2, 0.25) is 0 Å². The molecule has 63 heavy (non-hydrogen) atoms. The number of aromatic nitrogens is 1. The van der Waals surface area contributed by atoms with Crippen LogP contribution in [0.3, 0.4) is 0 Å². The summed E-state index contributed by atoms with van der Waals surface area (Å²) in [4.78, 5) is 12.3. The molecule has 0 amide bonds. The van der Waals surface area contributed by atoms with Gasteiger partial charge in [0.2, 0.25) is 0 Å². The van der Waals surface area contributed by atoms with E-state index in [2.05, 4.69) is 237 Å². The molecule has 6 aromatic carbocycles. The van der Waals surface area contributed by atoms with Crippen molar-refractivity contribution in [2.24, 2.45) is 0 Å². The van der Waals surface area contributed by atoms with Gasteiger partial charge in [-0.1, -0.05) is 156 Å². The Morgan fingerprint density at radius 3 is 1.57 bits per heavy atom. The van der Waals surface area contributed by atoms with Crippen LogP contribution in [0.4, 0.5) is 39.9 Å². The van der Waals surface area contributed by atoms with Gasteiger partial charge < -0.3 is 14.5 Å². The molecule has 320 valence electrons. The molecule has 0 aliphatic carbocycles. The van der Waals surface area contributed by atoms with E-state index in [-0.39, 0.29) is 21.7 Å². The monoisotopic (exact) mass is 830 g/mol. The van der Waals surface area contributed by atoms with Gasteiger partial charge in [-0.05, 0) is 110 Å². The minimum absolute atomic E-state index is 0.0205. The van der Waals surface area contributed by atoms with Crippen LogP contribution in [0.1, 0.15) is 105 Å². The molecule has 3 heterocycles. The number of para-hydroxylation sites is 3. The Morgan fingerprint density at radius 1 is 0.429 bits per heavy atom. The first kappa shape index (κ1) is 42.0. The van der Waals surface area contributed by atoms with Crippen molar-refractivity contribution in [1.82, 2.24) is 4.98 Å². The SMILES string of the molecule is CC(C)(C)c1ccnc(N2c3ccccc3-c3ccccc3-c3ccc(Oc4cccc(N5CN(c6c(C(C)(C)C)cc(C(C)(C)C)cc6C(C)(C)C)c6ccccc65)c4)cc32)c1. The zero-order valence-corrected chi connectivity index (χ0v) is 39.3. The summed E-state index contributed by atoms with van der Waals surface area (Å²) in [6.07, 6.45) is 1.94. The molecule has 0 N–H and O–H groups in total. The van der Waals surface area contributed by atoms with Crippen LogP contribution in [-0.4, -0.2) is 11.7 Å². The van der Waals surface area contributed by atoms with Gasteiger partial charge in [0.05, 0.1) is 28.4 Å². The Morgan fingerprint density at radius 2 is 0.968 bits per heavy atom. The predicted molar refractivity (Wildman–Crippen MR) is 267 cm³/mol. The Labute approximate surface area is 376 Å². The zero-order chi connectivity index (χ0) is 44.6. The molecule has 5 heteroatoms. The molecular weight excluding hydrogens is 769 g/mol. The molecule has 0 unspecified atom stereocenters. The topological polar surface area (TPSA) is 31.8 Å². The smallest absolute Gasteiger partial charge is 0.137 e. The first-order valence-corrected chi connectivity index (χ1v) is 22.5. The van der Waals surface area contributed by atoms with Crippen molar-refractivity contribution in [3.05, 3.63) is 168 Å². The summed E-state index contributed by atoms with van der Waals surface area (Å²) < 4.78 is 6.91. The number of hydrogen-bond donors (Lipinski definition) is 0. The maximum atomic E-state index is 6.91. The van der Waals surface area contributed by atoms with Crippen molar-refractivity contribution < 1.29 is 4.74 Å². The van der Waals surface area contributed by atoms with E-state index in [1.165, 1.54) is 50.4 Å².